The third kappa shape index (κ3) is 3.85. The van der Waals surface area contributed by atoms with E-state index in [-0.39, 0.29) is 0 Å². The summed E-state index contributed by atoms with van der Waals surface area (Å²) in [6.07, 6.45) is 7.20. The summed E-state index contributed by atoms with van der Waals surface area (Å²) in [6, 6.07) is 13.7. The van der Waals surface area contributed by atoms with Crippen molar-refractivity contribution in [2.75, 3.05) is 0 Å². The highest BCUT2D eigenvalue weighted by Crippen LogP contribution is 2.26. The molecule has 2 rings (SSSR count). The Bertz CT molecular complexity index is 667. The van der Waals surface area contributed by atoms with Gasteiger partial charge in [-0.2, -0.15) is 0 Å². The second-order valence-corrected chi connectivity index (χ2v) is 5.37. The minimum atomic E-state index is -0.881. The largest absolute Gasteiger partial charge is 0.478 e. The van der Waals surface area contributed by atoms with E-state index in [1.165, 1.54) is 5.56 Å². The number of hydrogen-bond acceptors (Lipinski definition) is 1. The number of hydrogen-bond donors (Lipinski definition) is 1. The van der Waals surface area contributed by atoms with Crippen molar-refractivity contribution in [3.63, 3.8) is 0 Å². The normalized spacial score (nSPS) is 11.0. The second kappa shape index (κ2) is 7.60. The SMILES string of the molecule is CCC=Cc1ccc(-c2cc(CCC)ccc2C(=O)O)cc1. The van der Waals surface area contributed by atoms with Crippen LogP contribution in [0.3, 0.4) is 0 Å². The molecule has 0 fully saturated rings. The van der Waals surface area contributed by atoms with Gasteiger partial charge in [-0.05, 0) is 41.2 Å². The number of carbonyl (C=O) groups is 1. The molecular formula is C20H22O2. The molecular weight excluding hydrogens is 272 g/mol. The fourth-order valence-electron chi connectivity index (χ4n) is 2.49. The summed E-state index contributed by atoms with van der Waals surface area (Å²) in [6.45, 7) is 4.23. The molecule has 0 aliphatic heterocycles. The zero-order chi connectivity index (χ0) is 15.9. The van der Waals surface area contributed by atoms with Gasteiger partial charge in [0.1, 0.15) is 0 Å². The van der Waals surface area contributed by atoms with Gasteiger partial charge in [0.2, 0.25) is 0 Å². The molecule has 0 aliphatic carbocycles. The Morgan fingerprint density at radius 3 is 2.41 bits per heavy atom. The molecule has 0 unspecified atom stereocenters. The van der Waals surface area contributed by atoms with Gasteiger partial charge < -0.3 is 5.11 Å². The summed E-state index contributed by atoms with van der Waals surface area (Å²) in [5.41, 5.74) is 4.41. The lowest BCUT2D eigenvalue weighted by atomic mass is 9.95. The number of allylic oxidation sites excluding steroid dienone is 1. The molecule has 0 bridgehead atoms. The van der Waals surface area contributed by atoms with Gasteiger partial charge in [-0.3, -0.25) is 0 Å². The van der Waals surface area contributed by atoms with Crippen molar-refractivity contribution in [1.29, 1.82) is 0 Å². The van der Waals surface area contributed by atoms with Crippen molar-refractivity contribution < 1.29 is 9.90 Å². The standard InChI is InChI=1S/C20H22O2/c1-3-5-7-15-8-11-17(12-9-15)19-14-16(6-4-2)10-13-18(19)20(21)22/h5,7-14H,3-4,6H2,1-2H3,(H,21,22). The molecule has 2 aromatic carbocycles. The fourth-order valence-corrected chi connectivity index (χ4v) is 2.49. The zero-order valence-electron chi connectivity index (χ0n) is 13.2. The molecule has 2 aromatic rings. The molecule has 2 nitrogen and oxygen atoms in total. The van der Waals surface area contributed by atoms with Crippen LogP contribution in [0.5, 0.6) is 0 Å². The van der Waals surface area contributed by atoms with Gasteiger partial charge >= 0.3 is 5.97 Å². The van der Waals surface area contributed by atoms with Gasteiger partial charge in [0.15, 0.2) is 0 Å². The lowest BCUT2D eigenvalue weighted by Gasteiger charge is -2.09. The van der Waals surface area contributed by atoms with Gasteiger partial charge in [-0.15, -0.1) is 0 Å². The van der Waals surface area contributed by atoms with E-state index in [0.29, 0.717) is 5.56 Å². The van der Waals surface area contributed by atoms with E-state index in [4.69, 9.17) is 0 Å². The first kappa shape index (κ1) is 16.0. The molecule has 114 valence electrons. The highest BCUT2D eigenvalue weighted by molar-refractivity contribution is 5.96. The number of aromatic carboxylic acids is 1. The maximum absolute atomic E-state index is 11.5. The van der Waals surface area contributed by atoms with Crippen LogP contribution in [0.1, 0.15) is 48.2 Å². The molecule has 0 atom stereocenters. The van der Waals surface area contributed by atoms with Gasteiger partial charge in [0, 0.05) is 0 Å². The number of carboxylic acid groups (broad SMARTS) is 1. The first-order valence-corrected chi connectivity index (χ1v) is 7.79. The van der Waals surface area contributed by atoms with Gasteiger partial charge in [-0.25, -0.2) is 4.79 Å². The minimum absolute atomic E-state index is 0.358. The van der Waals surface area contributed by atoms with E-state index in [2.05, 4.69) is 26.0 Å². The summed E-state index contributed by atoms with van der Waals surface area (Å²) < 4.78 is 0. The molecule has 0 amide bonds. The second-order valence-electron chi connectivity index (χ2n) is 5.37. The highest BCUT2D eigenvalue weighted by atomic mass is 16.4. The van der Waals surface area contributed by atoms with Gasteiger partial charge in [-0.1, -0.05) is 68.8 Å². The third-order valence-electron chi connectivity index (χ3n) is 3.62. The first-order chi connectivity index (χ1) is 10.7. The van der Waals surface area contributed by atoms with Crippen LogP contribution in [0.15, 0.2) is 48.5 Å². The van der Waals surface area contributed by atoms with Crippen LogP contribution in [0.2, 0.25) is 0 Å². The Morgan fingerprint density at radius 2 is 1.82 bits per heavy atom. The number of benzene rings is 2. The Morgan fingerprint density at radius 1 is 1.09 bits per heavy atom. The van der Waals surface area contributed by atoms with Gasteiger partial charge in [0.25, 0.3) is 0 Å². The minimum Gasteiger partial charge on any atom is -0.478 e. The molecule has 0 saturated heterocycles. The lowest BCUT2D eigenvalue weighted by molar-refractivity contribution is 0.0697. The van der Waals surface area contributed by atoms with Crippen molar-refractivity contribution in [2.24, 2.45) is 0 Å². The average molecular weight is 294 g/mol. The summed E-state index contributed by atoms with van der Waals surface area (Å²) in [5, 5.41) is 9.41. The summed E-state index contributed by atoms with van der Waals surface area (Å²) >= 11 is 0. The molecule has 0 aromatic heterocycles. The number of aryl methyl sites for hydroxylation is 1. The molecule has 0 spiro atoms. The van der Waals surface area contributed by atoms with E-state index in [9.17, 15) is 9.90 Å². The van der Waals surface area contributed by atoms with Crippen molar-refractivity contribution in [1.82, 2.24) is 0 Å². The predicted molar refractivity (Wildman–Crippen MR) is 92.2 cm³/mol. The maximum atomic E-state index is 11.5. The van der Waals surface area contributed by atoms with Crippen LogP contribution < -0.4 is 0 Å². The molecule has 22 heavy (non-hydrogen) atoms. The van der Waals surface area contributed by atoms with Crippen LogP contribution in [-0.4, -0.2) is 11.1 Å². The smallest absolute Gasteiger partial charge is 0.336 e. The zero-order valence-corrected chi connectivity index (χ0v) is 13.2. The monoisotopic (exact) mass is 294 g/mol. The Hall–Kier alpha value is -2.35. The lowest BCUT2D eigenvalue weighted by Crippen LogP contribution is -2.00. The van der Waals surface area contributed by atoms with E-state index in [0.717, 1.165) is 36.0 Å². The molecule has 2 heteroatoms. The summed E-state index contributed by atoms with van der Waals surface area (Å²) in [7, 11) is 0. The van der Waals surface area contributed by atoms with Crippen molar-refractivity contribution in [3.05, 3.63) is 65.2 Å². The Balaban J connectivity index is 2.42. The van der Waals surface area contributed by atoms with Crippen molar-refractivity contribution >= 4 is 12.0 Å². The molecule has 1 N–H and O–H groups in total. The first-order valence-electron chi connectivity index (χ1n) is 7.79. The Kier molecular flexibility index (Phi) is 5.54. The van der Waals surface area contributed by atoms with E-state index in [1.807, 2.05) is 36.4 Å². The van der Waals surface area contributed by atoms with Crippen molar-refractivity contribution in [3.8, 4) is 11.1 Å². The topological polar surface area (TPSA) is 37.3 Å². The fraction of sp³-hybridized carbons (Fsp3) is 0.250. The molecule has 0 aliphatic rings. The van der Waals surface area contributed by atoms with Crippen LogP contribution in [0, 0.1) is 0 Å². The van der Waals surface area contributed by atoms with Crippen LogP contribution in [0.25, 0.3) is 17.2 Å². The molecule has 0 radical (unpaired) electrons. The number of rotatable bonds is 6. The van der Waals surface area contributed by atoms with E-state index < -0.39 is 5.97 Å². The van der Waals surface area contributed by atoms with E-state index in [1.54, 1.807) is 6.07 Å². The summed E-state index contributed by atoms with van der Waals surface area (Å²) in [4.78, 5) is 11.5. The van der Waals surface area contributed by atoms with E-state index >= 15 is 0 Å². The molecule has 0 saturated carbocycles. The number of carboxylic acids is 1. The van der Waals surface area contributed by atoms with Crippen molar-refractivity contribution in [2.45, 2.75) is 33.1 Å². The predicted octanol–water partition coefficient (Wildman–Crippen LogP) is 5.43. The maximum Gasteiger partial charge on any atom is 0.336 e. The van der Waals surface area contributed by atoms with Crippen LogP contribution in [-0.2, 0) is 6.42 Å². The Labute approximate surface area is 132 Å². The quantitative estimate of drug-likeness (QED) is 0.771. The molecule has 0 heterocycles. The van der Waals surface area contributed by atoms with Gasteiger partial charge in [0.05, 0.1) is 5.56 Å². The highest BCUT2D eigenvalue weighted by Gasteiger charge is 2.12. The average Bonchev–Trinajstić information content (AvgIpc) is 2.53. The summed E-state index contributed by atoms with van der Waals surface area (Å²) in [5.74, 6) is -0.881. The van der Waals surface area contributed by atoms with Crippen LogP contribution in [0.4, 0.5) is 0 Å². The van der Waals surface area contributed by atoms with Crippen LogP contribution >= 0.6 is 0 Å². The third-order valence-corrected chi connectivity index (χ3v) is 3.62.